The predicted octanol–water partition coefficient (Wildman–Crippen LogP) is 4.15. The minimum absolute atomic E-state index is 0.0200. The van der Waals surface area contributed by atoms with Crippen LogP contribution in [-0.4, -0.2) is 20.0 Å². The summed E-state index contributed by atoms with van der Waals surface area (Å²) in [6, 6.07) is 13.4. The number of hydrogen-bond acceptors (Lipinski definition) is 6. The molecule has 2 aliphatic rings. The maximum Gasteiger partial charge on any atom is 0.161 e. The molecule has 0 saturated carbocycles. The lowest BCUT2D eigenvalue weighted by Gasteiger charge is -2.39. The molecule has 6 nitrogen and oxygen atoms in total. The Morgan fingerprint density at radius 2 is 1.81 bits per heavy atom. The zero-order chi connectivity index (χ0) is 22.1. The lowest BCUT2D eigenvalue weighted by Crippen LogP contribution is -2.38. The molecule has 2 aromatic rings. The molecule has 0 radical (unpaired) electrons. The van der Waals surface area contributed by atoms with Gasteiger partial charge in [-0.2, -0.15) is 5.26 Å². The zero-order valence-corrected chi connectivity index (χ0v) is 17.3. The number of methoxy groups -OCH3 is 2. The van der Waals surface area contributed by atoms with Crippen molar-refractivity contribution in [3.05, 3.63) is 76.5 Å². The van der Waals surface area contributed by atoms with Crippen molar-refractivity contribution in [2.75, 3.05) is 19.1 Å². The van der Waals surface area contributed by atoms with E-state index in [2.05, 4.69) is 6.07 Å². The number of ether oxygens (including phenoxy) is 2. The van der Waals surface area contributed by atoms with Crippen molar-refractivity contribution < 1.29 is 18.7 Å². The van der Waals surface area contributed by atoms with Gasteiger partial charge in [-0.05, 0) is 54.8 Å². The number of allylic oxidation sites excluding steroid dienone is 3. The molecule has 2 N–H and O–H groups in total. The molecule has 1 atom stereocenters. The van der Waals surface area contributed by atoms with Gasteiger partial charge in [0.15, 0.2) is 17.3 Å². The molecule has 0 unspecified atom stereocenters. The van der Waals surface area contributed by atoms with E-state index in [0.29, 0.717) is 42.0 Å². The Kier molecular flexibility index (Phi) is 5.38. The third kappa shape index (κ3) is 3.40. The van der Waals surface area contributed by atoms with E-state index < -0.39 is 5.92 Å². The molecule has 1 aliphatic heterocycles. The fraction of sp³-hybridized carbons (Fsp3) is 0.250. The number of Topliss-reactive ketones (excluding diaryl/α,β-unsaturated/α-hetero) is 1. The predicted molar refractivity (Wildman–Crippen MR) is 114 cm³/mol. The van der Waals surface area contributed by atoms with Crippen LogP contribution >= 0.6 is 0 Å². The average Bonchev–Trinajstić information content (AvgIpc) is 2.79. The van der Waals surface area contributed by atoms with Crippen molar-refractivity contribution in [3.63, 3.8) is 0 Å². The molecular weight excluding hydrogens is 397 g/mol. The molecule has 0 spiro atoms. The highest BCUT2D eigenvalue weighted by Crippen LogP contribution is 2.47. The Balaban J connectivity index is 1.94. The van der Waals surface area contributed by atoms with Gasteiger partial charge in [0.05, 0.1) is 31.8 Å². The number of carbonyl (C=O) groups is 1. The number of nitrogens with zero attached hydrogens (tertiary/aromatic N) is 2. The van der Waals surface area contributed by atoms with Gasteiger partial charge in [-0.3, -0.25) is 9.69 Å². The Morgan fingerprint density at radius 1 is 1.10 bits per heavy atom. The molecule has 1 aliphatic carbocycles. The van der Waals surface area contributed by atoms with Crippen molar-refractivity contribution in [1.82, 2.24) is 0 Å². The quantitative estimate of drug-likeness (QED) is 0.801. The van der Waals surface area contributed by atoms with Crippen LogP contribution in [-0.2, 0) is 4.79 Å². The average molecular weight is 419 g/mol. The molecular formula is C24H22FN3O3. The monoisotopic (exact) mass is 419 g/mol. The largest absolute Gasteiger partial charge is 0.493 e. The number of hydrogen-bond donors (Lipinski definition) is 1. The number of nitrogens with two attached hydrogens (primary N) is 1. The molecule has 7 heteroatoms. The van der Waals surface area contributed by atoms with Crippen molar-refractivity contribution in [1.29, 1.82) is 5.26 Å². The van der Waals surface area contributed by atoms with Crippen molar-refractivity contribution in [2.45, 2.75) is 25.2 Å². The Hall–Kier alpha value is -3.79. The van der Waals surface area contributed by atoms with E-state index in [1.54, 1.807) is 36.3 Å². The van der Waals surface area contributed by atoms with Crippen LogP contribution in [0.2, 0.25) is 0 Å². The van der Waals surface area contributed by atoms with Gasteiger partial charge in [-0.25, -0.2) is 4.39 Å². The van der Waals surface area contributed by atoms with Gasteiger partial charge in [0.1, 0.15) is 11.6 Å². The highest BCUT2D eigenvalue weighted by atomic mass is 19.1. The third-order valence-corrected chi connectivity index (χ3v) is 5.74. The first-order valence-corrected chi connectivity index (χ1v) is 9.93. The van der Waals surface area contributed by atoms with E-state index in [4.69, 9.17) is 15.2 Å². The highest BCUT2D eigenvalue weighted by Gasteiger charge is 2.40. The maximum atomic E-state index is 13.5. The minimum Gasteiger partial charge on any atom is -0.493 e. The topological polar surface area (TPSA) is 88.6 Å². The van der Waals surface area contributed by atoms with Crippen LogP contribution in [0.15, 0.2) is 65.1 Å². The first-order chi connectivity index (χ1) is 15.0. The van der Waals surface area contributed by atoms with Crippen LogP contribution in [0.25, 0.3) is 0 Å². The summed E-state index contributed by atoms with van der Waals surface area (Å²) >= 11 is 0. The van der Waals surface area contributed by atoms with E-state index >= 15 is 0 Å². The van der Waals surface area contributed by atoms with Crippen LogP contribution in [0.3, 0.4) is 0 Å². The second kappa shape index (κ2) is 8.15. The van der Waals surface area contributed by atoms with E-state index in [9.17, 15) is 14.4 Å². The van der Waals surface area contributed by atoms with Crippen LogP contribution < -0.4 is 20.1 Å². The SMILES string of the molecule is COc1ccc([C@@H]2C(C#N)=C(N)N(c3ccc(F)cc3)C3=C2C(=O)CCC3)cc1OC. The molecule has 0 amide bonds. The number of nitriles is 1. The summed E-state index contributed by atoms with van der Waals surface area (Å²) in [5.74, 6) is 0.290. The summed E-state index contributed by atoms with van der Waals surface area (Å²) in [5.41, 5.74) is 9.40. The molecule has 158 valence electrons. The summed E-state index contributed by atoms with van der Waals surface area (Å²) in [5, 5.41) is 10.0. The fourth-order valence-electron chi connectivity index (χ4n) is 4.34. The number of benzene rings is 2. The van der Waals surface area contributed by atoms with Crippen LogP contribution in [0.5, 0.6) is 11.5 Å². The molecule has 1 heterocycles. The number of halogens is 1. The lowest BCUT2D eigenvalue weighted by molar-refractivity contribution is -0.116. The summed E-state index contributed by atoms with van der Waals surface area (Å²) in [4.78, 5) is 14.8. The zero-order valence-electron chi connectivity index (χ0n) is 17.3. The van der Waals surface area contributed by atoms with Gasteiger partial charge in [-0.1, -0.05) is 6.07 Å². The summed E-state index contributed by atoms with van der Waals surface area (Å²) in [6.45, 7) is 0. The van der Waals surface area contributed by atoms with Gasteiger partial charge < -0.3 is 15.2 Å². The maximum absolute atomic E-state index is 13.5. The molecule has 0 bridgehead atoms. The van der Waals surface area contributed by atoms with Crippen LogP contribution in [0.1, 0.15) is 30.7 Å². The fourth-order valence-corrected chi connectivity index (χ4v) is 4.34. The van der Waals surface area contributed by atoms with Gasteiger partial charge in [0, 0.05) is 23.4 Å². The van der Waals surface area contributed by atoms with Crippen molar-refractivity contribution in [3.8, 4) is 17.6 Å². The Bertz CT molecular complexity index is 1150. The van der Waals surface area contributed by atoms with Gasteiger partial charge in [0.2, 0.25) is 0 Å². The summed E-state index contributed by atoms with van der Waals surface area (Å²) < 4.78 is 24.2. The third-order valence-electron chi connectivity index (χ3n) is 5.74. The van der Waals surface area contributed by atoms with E-state index in [0.717, 1.165) is 11.3 Å². The second-order valence-corrected chi connectivity index (χ2v) is 7.41. The molecule has 0 saturated heterocycles. The van der Waals surface area contributed by atoms with E-state index in [1.165, 1.54) is 19.2 Å². The molecule has 0 aromatic heterocycles. The van der Waals surface area contributed by atoms with Crippen molar-refractivity contribution in [2.24, 2.45) is 5.73 Å². The number of rotatable bonds is 4. The van der Waals surface area contributed by atoms with Gasteiger partial charge in [-0.15, -0.1) is 0 Å². The standard InChI is InChI=1S/C24H22FN3O3/c1-30-20-11-6-14(12-21(20)31-2)22-17(13-26)24(27)28(16-9-7-15(25)8-10-16)18-4-3-5-19(29)23(18)22/h6-12,22H,3-5,27H2,1-2H3/t22-/m1/s1. The first kappa shape index (κ1) is 20.5. The normalized spacial score (nSPS) is 18.6. The van der Waals surface area contributed by atoms with E-state index in [-0.39, 0.29) is 23.0 Å². The smallest absolute Gasteiger partial charge is 0.161 e. The van der Waals surface area contributed by atoms with Crippen LogP contribution in [0, 0.1) is 17.1 Å². The van der Waals surface area contributed by atoms with Crippen LogP contribution in [0.4, 0.5) is 10.1 Å². The first-order valence-electron chi connectivity index (χ1n) is 9.93. The Morgan fingerprint density at radius 3 is 2.45 bits per heavy atom. The van der Waals surface area contributed by atoms with E-state index in [1.807, 2.05) is 6.07 Å². The number of anilines is 1. The van der Waals surface area contributed by atoms with Crippen molar-refractivity contribution >= 4 is 11.5 Å². The summed E-state index contributed by atoms with van der Waals surface area (Å²) in [7, 11) is 3.08. The summed E-state index contributed by atoms with van der Waals surface area (Å²) in [6.07, 6.45) is 1.71. The minimum atomic E-state index is -0.607. The number of ketones is 1. The van der Waals surface area contributed by atoms with Gasteiger partial charge in [0.25, 0.3) is 0 Å². The molecule has 0 fully saturated rings. The molecule has 4 rings (SSSR count). The number of carbonyl (C=O) groups excluding carboxylic acids is 1. The second-order valence-electron chi connectivity index (χ2n) is 7.41. The lowest BCUT2D eigenvalue weighted by atomic mass is 9.75. The Labute approximate surface area is 180 Å². The molecule has 31 heavy (non-hydrogen) atoms. The highest BCUT2D eigenvalue weighted by molar-refractivity contribution is 6.01. The van der Waals surface area contributed by atoms with Gasteiger partial charge >= 0.3 is 0 Å². The molecule has 2 aromatic carbocycles.